The van der Waals surface area contributed by atoms with Gasteiger partial charge < -0.3 is 5.32 Å². The molecule has 1 aromatic heterocycles. The number of carbonyl (C=O) groups excluding carboxylic acids is 1. The van der Waals surface area contributed by atoms with E-state index in [-0.39, 0.29) is 17.2 Å². The van der Waals surface area contributed by atoms with Gasteiger partial charge in [0.15, 0.2) is 0 Å². The van der Waals surface area contributed by atoms with Crippen molar-refractivity contribution in [2.45, 2.75) is 6.92 Å². The molecule has 1 aromatic carbocycles. The van der Waals surface area contributed by atoms with Gasteiger partial charge in [-0.25, -0.2) is 4.98 Å². The molecule has 0 radical (unpaired) electrons. The van der Waals surface area contributed by atoms with Gasteiger partial charge >= 0.3 is 0 Å². The van der Waals surface area contributed by atoms with Crippen molar-refractivity contribution in [3.63, 3.8) is 0 Å². The second kappa shape index (κ2) is 6.37. The molecule has 21 heavy (non-hydrogen) atoms. The van der Waals surface area contributed by atoms with Gasteiger partial charge in [-0.2, -0.15) is 5.10 Å². The number of nitro benzene ring substituents is 1. The number of hydrogen-bond donors (Lipinski definition) is 2. The Morgan fingerprint density at radius 3 is 2.81 bits per heavy atom. The molecule has 0 atom stereocenters. The molecule has 0 spiro atoms. The van der Waals surface area contributed by atoms with Crippen molar-refractivity contribution in [3.8, 4) is 0 Å². The van der Waals surface area contributed by atoms with Crippen LogP contribution in [0.15, 0.2) is 30.6 Å². The van der Waals surface area contributed by atoms with E-state index in [0.29, 0.717) is 12.2 Å². The maximum Gasteiger partial charge on any atom is 0.293 e. The maximum absolute atomic E-state index is 12.0. The van der Waals surface area contributed by atoms with Gasteiger partial charge in [-0.1, -0.05) is 0 Å². The molecular formula is C12H12N6O3. The standard InChI is InChI=1S/C12H12N6O3/c1-2-13-9-4-3-8(7-10(9)18(20)21)11(19)16-12-14-5-6-15-17-12/h3-7,13H,2H2,1H3,(H,14,16,17,19). The Kier molecular flexibility index (Phi) is 4.34. The minimum atomic E-state index is -0.547. The molecule has 9 nitrogen and oxygen atoms in total. The van der Waals surface area contributed by atoms with E-state index in [1.165, 1.54) is 30.6 Å². The van der Waals surface area contributed by atoms with Crippen LogP contribution in [-0.2, 0) is 0 Å². The second-order valence-corrected chi connectivity index (χ2v) is 3.94. The van der Waals surface area contributed by atoms with Gasteiger partial charge in [-0.3, -0.25) is 20.2 Å². The molecule has 9 heteroatoms. The number of hydrogen-bond acceptors (Lipinski definition) is 7. The van der Waals surface area contributed by atoms with E-state index in [4.69, 9.17) is 0 Å². The largest absolute Gasteiger partial charge is 0.380 e. The molecule has 1 amide bonds. The van der Waals surface area contributed by atoms with Crippen molar-refractivity contribution in [1.82, 2.24) is 15.2 Å². The molecule has 0 fully saturated rings. The molecule has 0 unspecified atom stereocenters. The Hall–Kier alpha value is -3.10. The normalized spacial score (nSPS) is 9.95. The first-order chi connectivity index (χ1) is 10.1. The SMILES string of the molecule is CCNc1ccc(C(=O)Nc2nccnn2)cc1[N+](=O)[O-]. The predicted octanol–water partition coefficient (Wildman–Crippen LogP) is 1.46. The summed E-state index contributed by atoms with van der Waals surface area (Å²) in [4.78, 5) is 26.3. The number of carbonyl (C=O) groups is 1. The third-order valence-electron chi connectivity index (χ3n) is 2.53. The van der Waals surface area contributed by atoms with Crippen LogP contribution in [0.1, 0.15) is 17.3 Å². The van der Waals surface area contributed by atoms with E-state index in [2.05, 4.69) is 25.8 Å². The summed E-state index contributed by atoms with van der Waals surface area (Å²) in [5.41, 5.74) is 0.323. The zero-order valence-electron chi connectivity index (χ0n) is 11.1. The van der Waals surface area contributed by atoms with Crippen LogP contribution in [0, 0.1) is 10.1 Å². The topological polar surface area (TPSA) is 123 Å². The number of amides is 1. The number of rotatable bonds is 5. The van der Waals surface area contributed by atoms with Crippen LogP contribution < -0.4 is 10.6 Å². The van der Waals surface area contributed by atoms with E-state index in [1.54, 1.807) is 0 Å². The highest BCUT2D eigenvalue weighted by atomic mass is 16.6. The van der Waals surface area contributed by atoms with Gasteiger partial charge in [-0.15, -0.1) is 5.10 Å². The third kappa shape index (κ3) is 3.47. The van der Waals surface area contributed by atoms with Crippen LogP contribution in [0.4, 0.5) is 17.3 Å². The molecule has 0 aliphatic rings. The molecular weight excluding hydrogens is 276 g/mol. The minimum Gasteiger partial charge on any atom is -0.380 e. The van der Waals surface area contributed by atoms with Crippen LogP contribution in [0.25, 0.3) is 0 Å². The fraction of sp³-hybridized carbons (Fsp3) is 0.167. The number of aromatic nitrogens is 3. The van der Waals surface area contributed by atoms with Gasteiger partial charge in [0.25, 0.3) is 11.6 Å². The number of anilines is 2. The van der Waals surface area contributed by atoms with Crippen LogP contribution in [0.5, 0.6) is 0 Å². The summed E-state index contributed by atoms with van der Waals surface area (Å²) in [7, 11) is 0. The Balaban J connectivity index is 2.25. The molecule has 0 saturated heterocycles. The summed E-state index contributed by atoms with van der Waals surface area (Å²) < 4.78 is 0. The molecule has 0 aliphatic carbocycles. The number of nitrogens with one attached hydrogen (secondary N) is 2. The zero-order chi connectivity index (χ0) is 15.2. The Morgan fingerprint density at radius 2 is 2.19 bits per heavy atom. The highest BCUT2D eigenvalue weighted by Crippen LogP contribution is 2.25. The summed E-state index contributed by atoms with van der Waals surface area (Å²) in [5.74, 6) is -0.518. The lowest BCUT2D eigenvalue weighted by atomic mass is 10.1. The molecule has 1 heterocycles. The fourth-order valence-corrected chi connectivity index (χ4v) is 1.64. The lowest BCUT2D eigenvalue weighted by Crippen LogP contribution is -2.15. The van der Waals surface area contributed by atoms with Crippen LogP contribution in [0.2, 0.25) is 0 Å². The summed E-state index contributed by atoms with van der Waals surface area (Å²) in [6, 6.07) is 4.17. The molecule has 2 aromatic rings. The van der Waals surface area contributed by atoms with Gasteiger partial charge in [-0.05, 0) is 19.1 Å². The predicted molar refractivity (Wildman–Crippen MR) is 75.0 cm³/mol. The number of benzene rings is 1. The Morgan fingerprint density at radius 1 is 1.38 bits per heavy atom. The minimum absolute atomic E-state index is 0.0286. The average Bonchev–Trinajstić information content (AvgIpc) is 2.48. The molecule has 2 N–H and O–H groups in total. The van der Waals surface area contributed by atoms with E-state index in [9.17, 15) is 14.9 Å². The van der Waals surface area contributed by atoms with Crippen molar-refractivity contribution < 1.29 is 9.72 Å². The quantitative estimate of drug-likeness (QED) is 0.630. The molecule has 0 aliphatic heterocycles. The van der Waals surface area contributed by atoms with Gasteiger partial charge in [0.05, 0.1) is 17.3 Å². The van der Waals surface area contributed by atoms with Crippen molar-refractivity contribution in [2.24, 2.45) is 0 Å². The van der Waals surface area contributed by atoms with Crippen molar-refractivity contribution in [2.75, 3.05) is 17.2 Å². The van der Waals surface area contributed by atoms with Gasteiger partial charge in [0.1, 0.15) is 5.69 Å². The van der Waals surface area contributed by atoms with Gasteiger partial charge in [0.2, 0.25) is 5.95 Å². The third-order valence-corrected chi connectivity index (χ3v) is 2.53. The molecule has 2 rings (SSSR count). The first-order valence-electron chi connectivity index (χ1n) is 6.09. The summed E-state index contributed by atoms with van der Waals surface area (Å²) in [5, 5.41) is 23.5. The van der Waals surface area contributed by atoms with Crippen LogP contribution in [-0.4, -0.2) is 32.6 Å². The van der Waals surface area contributed by atoms with Crippen LogP contribution >= 0.6 is 0 Å². The lowest BCUT2D eigenvalue weighted by molar-refractivity contribution is -0.384. The summed E-state index contributed by atoms with van der Waals surface area (Å²) in [6.07, 6.45) is 2.74. The average molecular weight is 288 g/mol. The van der Waals surface area contributed by atoms with Crippen molar-refractivity contribution >= 4 is 23.2 Å². The zero-order valence-corrected chi connectivity index (χ0v) is 11.1. The Bertz CT molecular complexity index is 661. The summed E-state index contributed by atoms with van der Waals surface area (Å²) >= 11 is 0. The highest BCUT2D eigenvalue weighted by Gasteiger charge is 2.17. The molecule has 108 valence electrons. The lowest BCUT2D eigenvalue weighted by Gasteiger charge is -2.07. The van der Waals surface area contributed by atoms with Crippen molar-refractivity contribution in [3.05, 3.63) is 46.3 Å². The fourth-order valence-electron chi connectivity index (χ4n) is 1.64. The molecule has 0 saturated carbocycles. The monoisotopic (exact) mass is 288 g/mol. The first-order valence-corrected chi connectivity index (χ1v) is 6.09. The second-order valence-electron chi connectivity index (χ2n) is 3.94. The van der Waals surface area contributed by atoms with Crippen LogP contribution in [0.3, 0.4) is 0 Å². The number of nitro groups is 1. The number of nitrogens with zero attached hydrogens (tertiary/aromatic N) is 4. The molecule has 0 bridgehead atoms. The van der Waals surface area contributed by atoms with E-state index < -0.39 is 10.8 Å². The van der Waals surface area contributed by atoms with Gasteiger partial charge in [0, 0.05) is 18.2 Å². The summed E-state index contributed by atoms with van der Waals surface area (Å²) in [6.45, 7) is 2.36. The highest BCUT2D eigenvalue weighted by molar-refractivity contribution is 6.04. The van der Waals surface area contributed by atoms with E-state index in [1.807, 2.05) is 6.92 Å². The first kappa shape index (κ1) is 14.3. The smallest absolute Gasteiger partial charge is 0.293 e. The van der Waals surface area contributed by atoms with Crippen molar-refractivity contribution in [1.29, 1.82) is 0 Å². The Labute approximate surface area is 119 Å². The van der Waals surface area contributed by atoms with E-state index >= 15 is 0 Å². The van der Waals surface area contributed by atoms with E-state index in [0.717, 1.165) is 0 Å². The maximum atomic E-state index is 12.0.